The molecule has 0 unspecified atom stereocenters. The van der Waals surface area contributed by atoms with Crippen molar-refractivity contribution in [2.24, 2.45) is 0 Å². The highest BCUT2D eigenvalue weighted by Gasteiger charge is 1.96. The lowest BCUT2D eigenvalue weighted by Gasteiger charge is -2.05. The SMILES string of the molecule is COCCNCc1ccccc1Cl.Cl. The van der Waals surface area contributed by atoms with Crippen molar-refractivity contribution < 1.29 is 4.74 Å². The number of nitrogens with one attached hydrogen (secondary N) is 1. The van der Waals surface area contributed by atoms with Crippen molar-refractivity contribution in [1.82, 2.24) is 5.32 Å². The molecule has 0 aromatic heterocycles. The van der Waals surface area contributed by atoms with Crippen LogP contribution in [-0.2, 0) is 11.3 Å². The molecule has 0 amide bonds. The molecule has 0 fully saturated rings. The summed E-state index contributed by atoms with van der Waals surface area (Å²) in [7, 11) is 1.69. The molecule has 1 aromatic carbocycles. The van der Waals surface area contributed by atoms with E-state index in [2.05, 4.69) is 5.32 Å². The monoisotopic (exact) mass is 235 g/mol. The molecule has 0 heterocycles. The van der Waals surface area contributed by atoms with E-state index < -0.39 is 0 Å². The standard InChI is InChI=1S/C10H14ClNO.ClH/c1-13-7-6-12-8-9-4-2-3-5-10(9)11;/h2-5,12H,6-8H2,1H3;1H. The van der Waals surface area contributed by atoms with E-state index >= 15 is 0 Å². The lowest BCUT2D eigenvalue weighted by Crippen LogP contribution is -2.18. The fourth-order valence-corrected chi connectivity index (χ4v) is 1.24. The van der Waals surface area contributed by atoms with Gasteiger partial charge in [0, 0.05) is 25.2 Å². The highest BCUT2D eigenvalue weighted by molar-refractivity contribution is 6.31. The summed E-state index contributed by atoms with van der Waals surface area (Å²) in [5.74, 6) is 0. The molecule has 0 bridgehead atoms. The van der Waals surface area contributed by atoms with Gasteiger partial charge in [0.05, 0.1) is 6.61 Å². The number of ether oxygens (including phenoxy) is 1. The first-order valence-corrected chi connectivity index (χ1v) is 4.65. The molecule has 1 aromatic rings. The maximum absolute atomic E-state index is 5.97. The predicted octanol–water partition coefficient (Wildman–Crippen LogP) is 2.50. The van der Waals surface area contributed by atoms with Crippen molar-refractivity contribution in [1.29, 1.82) is 0 Å². The largest absolute Gasteiger partial charge is 0.383 e. The molecule has 0 aliphatic rings. The molecular weight excluding hydrogens is 221 g/mol. The molecule has 0 aliphatic heterocycles. The van der Waals surface area contributed by atoms with Gasteiger partial charge in [-0.2, -0.15) is 0 Å². The van der Waals surface area contributed by atoms with Gasteiger partial charge in [-0.3, -0.25) is 0 Å². The highest BCUT2D eigenvalue weighted by Crippen LogP contribution is 2.13. The Morgan fingerprint density at radius 1 is 1.36 bits per heavy atom. The number of hydrogen-bond acceptors (Lipinski definition) is 2. The van der Waals surface area contributed by atoms with E-state index in [9.17, 15) is 0 Å². The maximum atomic E-state index is 5.97. The Kier molecular flexibility index (Phi) is 7.90. The molecule has 0 spiro atoms. The summed E-state index contributed by atoms with van der Waals surface area (Å²) in [6, 6.07) is 7.83. The lowest BCUT2D eigenvalue weighted by molar-refractivity contribution is 0.199. The van der Waals surface area contributed by atoms with Crippen LogP contribution in [0.15, 0.2) is 24.3 Å². The maximum Gasteiger partial charge on any atom is 0.0587 e. The van der Waals surface area contributed by atoms with Crippen LogP contribution in [0.25, 0.3) is 0 Å². The minimum absolute atomic E-state index is 0. The van der Waals surface area contributed by atoms with Crippen LogP contribution in [0.3, 0.4) is 0 Å². The van der Waals surface area contributed by atoms with Gasteiger partial charge in [0.1, 0.15) is 0 Å². The van der Waals surface area contributed by atoms with Crippen LogP contribution in [-0.4, -0.2) is 20.3 Å². The second-order valence-corrected chi connectivity index (χ2v) is 3.17. The van der Waals surface area contributed by atoms with Crippen molar-refractivity contribution in [2.75, 3.05) is 20.3 Å². The number of methoxy groups -OCH3 is 1. The summed E-state index contributed by atoms with van der Waals surface area (Å²) in [5, 5.41) is 4.05. The van der Waals surface area contributed by atoms with Crippen molar-refractivity contribution in [3.05, 3.63) is 34.9 Å². The van der Waals surface area contributed by atoms with Gasteiger partial charge in [-0.05, 0) is 11.6 Å². The van der Waals surface area contributed by atoms with E-state index in [0.29, 0.717) is 0 Å². The van der Waals surface area contributed by atoms with Gasteiger partial charge in [0.15, 0.2) is 0 Å². The smallest absolute Gasteiger partial charge is 0.0587 e. The van der Waals surface area contributed by atoms with Crippen LogP contribution in [0.2, 0.25) is 5.02 Å². The Morgan fingerprint density at radius 3 is 2.71 bits per heavy atom. The Balaban J connectivity index is 0.00000169. The summed E-state index contributed by atoms with van der Waals surface area (Å²) in [6.45, 7) is 2.37. The summed E-state index contributed by atoms with van der Waals surface area (Å²) >= 11 is 5.97. The molecule has 0 aliphatic carbocycles. The minimum Gasteiger partial charge on any atom is -0.383 e. The molecular formula is C10H15Cl2NO. The first kappa shape index (κ1) is 13.7. The zero-order chi connectivity index (χ0) is 9.52. The summed E-state index contributed by atoms with van der Waals surface area (Å²) in [5.41, 5.74) is 1.13. The molecule has 1 N–H and O–H groups in total. The Morgan fingerprint density at radius 2 is 2.07 bits per heavy atom. The van der Waals surface area contributed by atoms with Gasteiger partial charge < -0.3 is 10.1 Å². The Bertz CT molecular complexity index is 256. The fourth-order valence-electron chi connectivity index (χ4n) is 1.04. The first-order valence-electron chi connectivity index (χ1n) is 4.27. The number of hydrogen-bond donors (Lipinski definition) is 1. The van der Waals surface area contributed by atoms with Crippen LogP contribution in [0.5, 0.6) is 0 Å². The van der Waals surface area contributed by atoms with Crippen LogP contribution in [0.4, 0.5) is 0 Å². The fraction of sp³-hybridized carbons (Fsp3) is 0.400. The van der Waals surface area contributed by atoms with Crippen LogP contribution in [0.1, 0.15) is 5.56 Å². The zero-order valence-corrected chi connectivity index (χ0v) is 9.70. The van der Waals surface area contributed by atoms with E-state index in [0.717, 1.165) is 30.3 Å². The second-order valence-electron chi connectivity index (χ2n) is 2.76. The van der Waals surface area contributed by atoms with Gasteiger partial charge in [-0.15, -0.1) is 12.4 Å². The zero-order valence-electron chi connectivity index (χ0n) is 8.13. The van der Waals surface area contributed by atoms with E-state index in [1.165, 1.54) is 0 Å². The van der Waals surface area contributed by atoms with E-state index in [4.69, 9.17) is 16.3 Å². The molecule has 0 radical (unpaired) electrons. The summed E-state index contributed by atoms with van der Waals surface area (Å²) in [6.07, 6.45) is 0. The van der Waals surface area contributed by atoms with Crippen molar-refractivity contribution in [3.63, 3.8) is 0 Å². The topological polar surface area (TPSA) is 21.3 Å². The van der Waals surface area contributed by atoms with Crippen LogP contribution < -0.4 is 5.32 Å². The highest BCUT2D eigenvalue weighted by atomic mass is 35.5. The van der Waals surface area contributed by atoms with Crippen molar-refractivity contribution in [3.8, 4) is 0 Å². The molecule has 4 heteroatoms. The first-order chi connectivity index (χ1) is 6.34. The third-order valence-electron chi connectivity index (χ3n) is 1.76. The lowest BCUT2D eigenvalue weighted by atomic mass is 10.2. The van der Waals surface area contributed by atoms with Crippen LogP contribution >= 0.6 is 24.0 Å². The molecule has 0 saturated carbocycles. The number of halogens is 2. The molecule has 0 atom stereocenters. The number of benzene rings is 1. The van der Waals surface area contributed by atoms with Crippen LogP contribution in [0, 0.1) is 0 Å². The number of rotatable bonds is 5. The van der Waals surface area contributed by atoms with Gasteiger partial charge >= 0.3 is 0 Å². The minimum atomic E-state index is 0. The third-order valence-corrected chi connectivity index (χ3v) is 2.12. The quantitative estimate of drug-likeness (QED) is 0.793. The van der Waals surface area contributed by atoms with Gasteiger partial charge in [-0.25, -0.2) is 0 Å². The molecule has 2 nitrogen and oxygen atoms in total. The average molecular weight is 236 g/mol. The van der Waals surface area contributed by atoms with Gasteiger partial charge in [0.2, 0.25) is 0 Å². The second kappa shape index (κ2) is 8.06. The van der Waals surface area contributed by atoms with E-state index in [1.807, 2.05) is 24.3 Å². The molecule has 0 saturated heterocycles. The summed E-state index contributed by atoms with van der Waals surface area (Å²) < 4.78 is 4.91. The Labute approximate surface area is 96.0 Å². The molecule has 1 rings (SSSR count). The normalized spacial score (nSPS) is 9.57. The summed E-state index contributed by atoms with van der Waals surface area (Å²) in [4.78, 5) is 0. The van der Waals surface area contributed by atoms with Crippen molar-refractivity contribution >= 4 is 24.0 Å². The van der Waals surface area contributed by atoms with Gasteiger partial charge in [0.25, 0.3) is 0 Å². The Hall–Kier alpha value is -0.280. The van der Waals surface area contributed by atoms with Gasteiger partial charge in [-0.1, -0.05) is 29.8 Å². The van der Waals surface area contributed by atoms with Crippen molar-refractivity contribution in [2.45, 2.75) is 6.54 Å². The third kappa shape index (κ3) is 4.82. The molecule has 14 heavy (non-hydrogen) atoms. The molecule has 80 valence electrons. The van der Waals surface area contributed by atoms with E-state index in [-0.39, 0.29) is 12.4 Å². The van der Waals surface area contributed by atoms with E-state index in [1.54, 1.807) is 7.11 Å². The predicted molar refractivity (Wildman–Crippen MR) is 62.3 cm³/mol. The average Bonchev–Trinajstić information content (AvgIpc) is 2.15.